The largest absolute Gasteiger partial charge is 0.456 e. The van der Waals surface area contributed by atoms with E-state index in [4.69, 9.17) is 13.6 Å². The lowest BCUT2D eigenvalue weighted by atomic mass is 9.93. The van der Waals surface area contributed by atoms with Crippen molar-refractivity contribution in [3.05, 3.63) is 200 Å². The van der Waals surface area contributed by atoms with Crippen LogP contribution >= 0.6 is 0 Å². The average molecular weight is 744 g/mol. The highest BCUT2D eigenvalue weighted by atomic mass is 16.5. The molecule has 0 fully saturated rings. The van der Waals surface area contributed by atoms with Crippen molar-refractivity contribution in [3.63, 3.8) is 0 Å². The van der Waals surface area contributed by atoms with Crippen molar-refractivity contribution >= 4 is 60.9 Å². The van der Waals surface area contributed by atoms with E-state index in [0.717, 1.165) is 117 Å². The van der Waals surface area contributed by atoms with E-state index in [1.165, 1.54) is 0 Å². The third-order valence-electron chi connectivity index (χ3n) is 11.5. The Labute approximate surface area is 334 Å². The number of nitrogens with zero attached hydrogens (tertiary/aromatic N) is 1. The van der Waals surface area contributed by atoms with Crippen LogP contribution in [0.15, 0.2) is 209 Å². The maximum absolute atomic E-state index is 6.53. The standard InChI is InChI=1S/C54H33NO3/c1-5-13-49-42(9-1)41-28-27-40(33-46(41)43-10-2-6-14-50(43)56-49)55(38-23-17-34(18-24-38)36-21-29-53-47(31-36)44-11-3-7-15-51(44)57-53)39-25-19-35(20-26-39)37-22-30-54-48(32-37)45-12-4-8-16-52(45)58-54/h1-33H. The molecule has 9 aromatic carbocycles. The summed E-state index contributed by atoms with van der Waals surface area (Å²) in [5, 5.41) is 4.49. The molecule has 0 unspecified atom stereocenters. The number of rotatable bonds is 5. The molecule has 0 aliphatic carbocycles. The SMILES string of the molecule is c1ccc2c(c1)Oc1ccccc1-c1cc(N(c3ccc(-c4ccc5oc6ccccc6c5c4)cc3)c3ccc(-c4ccc5oc6ccccc6c5c4)cc3)ccc1-2. The van der Waals surface area contributed by atoms with Crippen LogP contribution in [0.1, 0.15) is 0 Å². The fourth-order valence-corrected chi connectivity index (χ4v) is 8.67. The first-order chi connectivity index (χ1) is 28.7. The molecule has 0 atom stereocenters. The Morgan fingerprint density at radius 3 is 1.26 bits per heavy atom. The topological polar surface area (TPSA) is 38.8 Å². The summed E-state index contributed by atoms with van der Waals surface area (Å²) in [6, 6.07) is 70.5. The monoisotopic (exact) mass is 743 g/mol. The van der Waals surface area contributed by atoms with Crippen molar-refractivity contribution in [2.24, 2.45) is 0 Å². The number of benzene rings is 9. The lowest BCUT2D eigenvalue weighted by molar-refractivity contribution is 0.488. The van der Waals surface area contributed by atoms with E-state index in [1.54, 1.807) is 0 Å². The molecule has 0 saturated carbocycles. The molecule has 0 bridgehead atoms. The maximum Gasteiger partial charge on any atom is 0.135 e. The van der Waals surface area contributed by atoms with Crippen LogP contribution in [-0.2, 0) is 0 Å². The van der Waals surface area contributed by atoms with Gasteiger partial charge in [-0.3, -0.25) is 0 Å². The summed E-state index contributed by atoms with van der Waals surface area (Å²) in [5.74, 6) is 1.70. The van der Waals surface area contributed by atoms with Crippen molar-refractivity contribution in [2.45, 2.75) is 0 Å². The first kappa shape index (κ1) is 32.4. The zero-order valence-electron chi connectivity index (χ0n) is 31.2. The molecule has 3 heterocycles. The van der Waals surface area contributed by atoms with Gasteiger partial charge in [-0.15, -0.1) is 0 Å². The number of furan rings is 2. The Hall–Kier alpha value is -7.82. The molecule has 1 aliphatic rings. The highest BCUT2D eigenvalue weighted by molar-refractivity contribution is 6.07. The van der Waals surface area contributed by atoms with E-state index in [-0.39, 0.29) is 0 Å². The minimum absolute atomic E-state index is 0.843. The fraction of sp³-hybridized carbons (Fsp3) is 0. The van der Waals surface area contributed by atoms with E-state index < -0.39 is 0 Å². The van der Waals surface area contributed by atoms with Gasteiger partial charge in [-0.25, -0.2) is 0 Å². The summed E-state index contributed by atoms with van der Waals surface area (Å²) < 4.78 is 18.8. The van der Waals surface area contributed by atoms with Gasteiger partial charge in [-0.2, -0.15) is 0 Å². The van der Waals surface area contributed by atoms with Crippen LogP contribution in [0.5, 0.6) is 11.5 Å². The van der Waals surface area contributed by atoms with E-state index in [0.29, 0.717) is 0 Å². The van der Waals surface area contributed by atoms with Crippen molar-refractivity contribution in [3.8, 4) is 56.0 Å². The molecule has 1 aliphatic heterocycles. The summed E-state index contributed by atoms with van der Waals surface area (Å²) in [5.41, 5.74) is 15.7. The number of fused-ring (bicyclic) bond motifs is 11. The van der Waals surface area contributed by atoms with Crippen LogP contribution < -0.4 is 9.64 Å². The smallest absolute Gasteiger partial charge is 0.135 e. The highest BCUT2D eigenvalue weighted by Crippen LogP contribution is 2.49. The molecule has 2 aromatic heterocycles. The van der Waals surface area contributed by atoms with Gasteiger partial charge in [0.1, 0.15) is 33.8 Å². The molecular formula is C54H33NO3. The van der Waals surface area contributed by atoms with Crippen molar-refractivity contribution < 1.29 is 13.6 Å². The van der Waals surface area contributed by atoms with Gasteiger partial charge in [0.05, 0.1) is 0 Å². The van der Waals surface area contributed by atoms with Crippen LogP contribution in [0.4, 0.5) is 17.1 Å². The highest BCUT2D eigenvalue weighted by Gasteiger charge is 2.23. The molecule has 12 rings (SSSR count). The summed E-state index contributed by atoms with van der Waals surface area (Å²) in [4.78, 5) is 2.34. The second kappa shape index (κ2) is 12.9. The van der Waals surface area contributed by atoms with Gasteiger partial charge in [-0.1, -0.05) is 115 Å². The first-order valence-corrected chi connectivity index (χ1v) is 19.6. The number of anilines is 3. The third-order valence-corrected chi connectivity index (χ3v) is 11.5. The van der Waals surface area contributed by atoms with Crippen molar-refractivity contribution in [1.29, 1.82) is 0 Å². The van der Waals surface area contributed by atoms with Crippen molar-refractivity contribution in [1.82, 2.24) is 0 Å². The van der Waals surface area contributed by atoms with Gasteiger partial charge in [0.15, 0.2) is 0 Å². The number of hydrogen-bond donors (Lipinski definition) is 0. The van der Waals surface area contributed by atoms with E-state index in [2.05, 4.69) is 163 Å². The number of hydrogen-bond acceptors (Lipinski definition) is 4. The Kier molecular flexibility index (Phi) is 7.20. The quantitative estimate of drug-likeness (QED) is 0.176. The van der Waals surface area contributed by atoms with Gasteiger partial charge in [0, 0.05) is 49.7 Å². The molecule has 0 saturated heterocycles. The van der Waals surface area contributed by atoms with Crippen molar-refractivity contribution in [2.75, 3.05) is 4.90 Å². The molecule has 4 heteroatoms. The lowest BCUT2D eigenvalue weighted by Crippen LogP contribution is -2.10. The van der Waals surface area contributed by atoms with E-state index >= 15 is 0 Å². The molecule has 0 N–H and O–H groups in total. The van der Waals surface area contributed by atoms with Crippen LogP contribution in [0.2, 0.25) is 0 Å². The lowest BCUT2D eigenvalue weighted by Gasteiger charge is -2.27. The van der Waals surface area contributed by atoms with E-state index in [1.807, 2.05) is 42.5 Å². The normalized spacial score (nSPS) is 11.9. The summed E-state index contributed by atoms with van der Waals surface area (Å²) >= 11 is 0. The van der Waals surface area contributed by atoms with Gasteiger partial charge in [0.25, 0.3) is 0 Å². The Morgan fingerprint density at radius 2 is 0.707 bits per heavy atom. The molecule has 272 valence electrons. The van der Waals surface area contributed by atoms with Gasteiger partial charge >= 0.3 is 0 Å². The fourth-order valence-electron chi connectivity index (χ4n) is 8.67. The van der Waals surface area contributed by atoms with Gasteiger partial charge in [-0.05, 0) is 118 Å². The summed E-state index contributed by atoms with van der Waals surface area (Å²) in [6.07, 6.45) is 0. The molecule has 0 spiro atoms. The zero-order valence-corrected chi connectivity index (χ0v) is 31.2. The van der Waals surface area contributed by atoms with Crippen LogP contribution in [-0.4, -0.2) is 0 Å². The Balaban J connectivity index is 0.983. The summed E-state index contributed by atoms with van der Waals surface area (Å²) in [7, 11) is 0. The maximum atomic E-state index is 6.53. The molecule has 4 nitrogen and oxygen atoms in total. The molecule has 11 aromatic rings. The molecular weight excluding hydrogens is 711 g/mol. The zero-order chi connectivity index (χ0) is 38.2. The predicted molar refractivity (Wildman–Crippen MR) is 237 cm³/mol. The van der Waals surface area contributed by atoms with Crippen LogP contribution in [0.3, 0.4) is 0 Å². The minimum atomic E-state index is 0.843. The third kappa shape index (κ3) is 5.23. The van der Waals surface area contributed by atoms with Crippen LogP contribution in [0.25, 0.3) is 88.4 Å². The van der Waals surface area contributed by atoms with Gasteiger partial charge in [0.2, 0.25) is 0 Å². The van der Waals surface area contributed by atoms with Crippen LogP contribution in [0, 0.1) is 0 Å². The molecule has 0 radical (unpaired) electrons. The summed E-state index contributed by atoms with van der Waals surface area (Å²) in [6.45, 7) is 0. The number of ether oxygens (including phenoxy) is 1. The Bertz CT molecular complexity index is 3210. The number of para-hydroxylation sites is 4. The Morgan fingerprint density at radius 1 is 0.276 bits per heavy atom. The predicted octanol–water partition coefficient (Wildman–Crippen LogP) is 15.7. The molecule has 0 amide bonds. The molecule has 58 heavy (non-hydrogen) atoms. The minimum Gasteiger partial charge on any atom is -0.456 e. The average Bonchev–Trinajstić information content (AvgIpc) is 3.81. The van der Waals surface area contributed by atoms with Gasteiger partial charge < -0.3 is 18.5 Å². The second-order valence-corrected chi connectivity index (χ2v) is 14.9. The van der Waals surface area contributed by atoms with E-state index in [9.17, 15) is 0 Å². The first-order valence-electron chi connectivity index (χ1n) is 19.6. The second-order valence-electron chi connectivity index (χ2n) is 14.9.